The van der Waals surface area contributed by atoms with Gasteiger partial charge in [-0.05, 0) is 30.7 Å². The summed E-state index contributed by atoms with van der Waals surface area (Å²) >= 11 is 1.25. The predicted molar refractivity (Wildman–Crippen MR) is 137 cm³/mol. The predicted octanol–water partition coefficient (Wildman–Crippen LogP) is 2.85. The number of hydrogen-bond acceptors (Lipinski definition) is 8. The Morgan fingerprint density at radius 3 is 2.30 bits per heavy atom. The number of benzene rings is 2. The van der Waals surface area contributed by atoms with Crippen molar-refractivity contribution in [2.24, 2.45) is 0 Å². The minimum Gasteiger partial charge on any atom is -0.379 e. The molecule has 192 valence electrons. The van der Waals surface area contributed by atoms with Crippen LogP contribution in [0.15, 0.2) is 58.8 Å². The lowest BCUT2D eigenvalue weighted by Crippen LogP contribution is -2.40. The molecule has 12 heteroatoms. The number of sulfonamides is 1. The molecule has 3 amide bonds. The summed E-state index contributed by atoms with van der Waals surface area (Å²) in [7, 11) is -3.58. The van der Waals surface area contributed by atoms with Crippen LogP contribution in [0.4, 0.5) is 5.13 Å². The highest BCUT2D eigenvalue weighted by molar-refractivity contribution is 7.89. The molecular weight excluding hydrogens is 516 g/mol. The van der Waals surface area contributed by atoms with E-state index in [1.807, 2.05) is 0 Å². The van der Waals surface area contributed by atoms with Crippen molar-refractivity contribution in [3.8, 4) is 11.3 Å². The number of hydrogen-bond donors (Lipinski definition) is 1. The molecule has 1 aromatic heterocycles. The van der Waals surface area contributed by atoms with Gasteiger partial charge >= 0.3 is 0 Å². The molecule has 0 bridgehead atoms. The molecule has 2 aromatic carbocycles. The zero-order valence-corrected chi connectivity index (χ0v) is 21.4. The molecule has 2 aliphatic rings. The Hall–Kier alpha value is -3.45. The number of amides is 3. The quantitative estimate of drug-likeness (QED) is 0.436. The third-order valence-corrected chi connectivity index (χ3v) is 8.84. The Labute approximate surface area is 217 Å². The van der Waals surface area contributed by atoms with Gasteiger partial charge in [0.15, 0.2) is 5.13 Å². The van der Waals surface area contributed by atoms with E-state index in [1.165, 1.54) is 20.5 Å². The number of fused-ring (bicyclic) bond motifs is 1. The second kappa shape index (κ2) is 10.5. The lowest BCUT2D eigenvalue weighted by Gasteiger charge is -2.26. The number of carbonyl (C=O) groups excluding carboxylic acids is 3. The lowest BCUT2D eigenvalue weighted by molar-refractivity contribution is -0.116. The van der Waals surface area contributed by atoms with E-state index in [4.69, 9.17) is 4.74 Å². The van der Waals surface area contributed by atoms with Crippen molar-refractivity contribution in [2.75, 3.05) is 38.2 Å². The summed E-state index contributed by atoms with van der Waals surface area (Å²) in [5, 5.41) is 4.93. The van der Waals surface area contributed by atoms with Crippen LogP contribution in [0, 0.1) is 0 Å². The van der Waals surface area contributed by atoms with Crippen molar-refractivity contribution in [3.05, 3.63) is 65.0 Å². The summed E-state index contributed by atoms with van der Waals surface area (Å²) in [6.45, 7) is 1.58. The van der Waals surface area contributed by atoms with Crippen LogP contribution >= 0.6 is 11.3 Å². The molecule has 0 atom stereocenters. The Morgan fingerprint density at radius 1 is 1.00 bits per heavy atom. The molecule has 1 N–H and O–H groups in total. The first-order valence-corrected chi connectivity index (χ1v) is 14.1. The number of anilines is 1. The first-order valence-electron chi connectivity index (χ1n) is 11.7. The molecule has 0 radical (unpaired) electrons. The Balaban J connectivity index is 1.14. The van der Waals surface area contributed by atoms with Crippen molar-refractivity contribution in [2.45, 2.75) is 17.7 Å². The van der Waals surface area contributed by atoms with Gasteiger partial charge in [-0.3, -0.25) is 19.3 Å². The third-order valence-electron chi connectivity index (χ3n) is 6.17. The average Bonchev–Trinajstić information content (AvgIpc) is 3.48. The first kappa shape index (κ1) is 25.2. The van der Waals surface area contributed by atoms with Crippen LogP contribution in [0.3, 0.4) is 0 Å². The SMILES string of the molecule is O=C(CCCN1C(=O)c2ccccc2C1=O)Nc1nc(-c2ccc(S(=O)(=O)N3CCOCC3)cc2)cs1. The number of nitrogens with one attached hydrogen (secondary N) is 1. The standard InChI is InChI=1S/C25H24N4O6S2/c30-22(6-3-11-29-23(31)19-4-1-2-5-20(19)24(29)32)27-25-26-21(16-36-25)17-7-9-18(10-8-17)37(33,34)28-12-14-35-15-13-28/h1-2,4-5,7-10,16H,3,6,11-15H2,(H,26,27,30). The van der Waals surface area contributed by atoms with Gasteiger partial charge in [-0.15, -0.1) is 11.3 Å². The maximum Gasteiger partial charge on any atom is 0.261 e. The fourth-order valence-corrected chi connectivity index (χ4v) is 6.36. The lowest BCUT2D eigenvalue weighted by atomic mass is 10.1. The maximum atomic E-state index is 12.8. The van der Waals surface area contributed by atoms with Crippen molar-refractivity contribution in [3.63, 3.8) is 0 Å². The Bertz CT molecular complexity index is 1410. The largest absolute Gasteiger partial charge is 0.379 e. The van der Waals surface area contributed by atoms with Gasteiger partial charge in [0.1, 0.15) is 0 Å². The smallest absolute Gasteiger partial charge is 0.261 e. The maximum absolute atomic E-state index is 12.8. The number of morpholine rings is 1. The zero-order valence-electron chi connectivity index (χ0n) is 19.8. The van der Waals surface area contributed by atoms with E-state index in [1.54, 1.807) is 53.9 Å². The van der Waals surface area contributed by atoms with E-state index >= 15 is 0 Å². The summed E-state index contributed by atoms with van der Waals surface area (Å²) in [6.07, 6.45) is 0.449. The third kappa shape index (κ3) is 5.18. The van der Waals surface area contributed by atoms with E-state index in [9.17, 15) is 22.8 Å². The topological polar surface area (TPSA) is 126 Å². The van der Waals surface area contributed by atoms with Crippen LogP contribution in [0.1, 0.15) is 33.6 Å². The molecule has 2 aliphatic heterocycles. The molecule has 5 rings (SSSR count). The van der Waals surface area contributed by atoms with Gasteiger partial charge in [-0.25, -0.2) is 13.4 Å². The normalized spacial score (nSPS) is 16.2. The van der Waals surface area contributed by atoms with Crippen LogP contribution < -0.4 is 5.32 Å². The van der Waals surface area contributed by atoms with Gasteiger partial charge in [0.25, 0.3) is 11.8 Å². The second-order valence-electron chi connectivity index (χ2n) is 8.54. The number of nitrogens with zero attached hydrogens (tertiary/aromatic N) is 3. The first-order chi connectivity index (χ1) is 17.8. The number of imide groups is 1. The minimum atomic E-state index is -3.58. The summed E-state index contributed by atoms with van der Waals surface area (Å²) in [4.78, 5) is 43.1. The van der Waals surface area contributed by atoms with Gasteiger partial charge in [-0.1, -0.05) is 24.3 Å². The molecule has 10 nitrogen and oxygen atoms in total. The molecule has 0 spiro atoms. The second-order valence-corrected chi connectivity index (χ2v) is 11.3. The van der Waals surface area contributed by atoms with Gasteiger partial charge in [0.2, 0.25) is 15.9 Å². The van der Waals surface area contributed by atoms with Crippen LogP contribution in [-0.2, 0) is 19.6 Å². The van der Waals surface area contributed by atoms with Crippen LogP contribution in [0.25, 0.3) is 11.3 Å². The fourth-order valence-electron chi connectivity index (χ4n) is 4.22. The highest BCUT2D eigenvalue weighted by Crippen LogP contribution is 2.27. The summed E-state index contributed by atoms with van der Waals surface area (Å²) in [5.41, 5.74) is 2.11. The Kier molecular flexibility index (Phi) is 7.15. The number of rotatable bonds is 8. The number of thiazole rings is 1. The number of aromatic nitrogens is 1. The van der Waals surface area contributed by atoms with Gasteiger partial charge in [-0.2, -0.15) is 4.31 Å². The number of ether oxygens (including phenoxy) is 1. The minimum absolute atomic E-state index is 0.121. The monoisotopic (exact) mass is 540 g/mol. The van der Waals surface area contributed by atoms with Gasteiger partial charge < -0.3 is 10.1 Å². The fraction of sp³-hybridized carbons (Fsp3) is 0.280. The van der Waals surface area contributed by atoms with E-state index in [2.05, 4.69) is 10.3 Å². The zero-order chi connectivity index (χ0) is 26.0. The highest BCUT2D eigenvalue weighted by Gasteiger charge is 2.34. The molecule has 3 aromatic rings. The van der Waals surface area contributed by atoms with Crippen LogP contribution in [-0.4, -0.2) is 73.2 Å². The van der Waals surface area contributed by atoms with Gasteiger partial charge in [0, 0.05) is 37.0 Å². The van der Waals surface area contributed by atoms with E-state index < -0.39 is 10.0 Å². The van der Waals surface area contributed by atoms with Crippen molar-refractivity contribution in [1.82, 2.24) is 14.2 Å². The molecule has 1 saturated heterocycles. The van der Waals surface area contributed by atoms with Crippen molar-refractivity contribution < 1.29 is 27.5 Å². The molecule has 0 saturated carbocycles. The van der Waals surface area contributed by atoms with E-state index in [0.29, 0.717) is 54.7 Å². The van der Waals surface area contributed by atoms with E-state index in [0.717, 1.165) is 5.56 Å². The Morgan fingerprint density at radius 2 is 1.65 bits per heavy atom. The van der Waals surface area contributed by atoms with Crippen molar-refractivity contribution in [1.29, 1.82) is 0 Å². The molecule has 0 unspecified atom stereocenters. The van der Waals surface area contributed by atoms with Crippen LogP contribution in [0.5, 0.6) is 0 Å². The van der Waals surface area contributed by atoms with Crippen molar-refractivity contribution >= 4 is 44.2 Å². The molecule has 0 aliphatic carbocycles. The van der Waals surface area contributed by atoms with Crippen LogP contribution in [0.2, 0.25) is 0 Å². The molecule has 37 heavy (non-hydrogen) atoms. The molecular formula is C25H24N4O6S2. The molecule has 1 fully saturated rings. The number of carbonyl (C=O) groups is 3. The van der Waals surface area contributed by atoms with Gasteiger partial charge in [0.05, 0.1) is 34.9 Å². The molecule has 3 heterocycles. The summed E-state index contributed by atoms with van der Waals surface area (Å²) in [5.74, 6) is -0.951. The van der Waals surface area contributed by atoms with E-state index in [-0.39, 0.29) is 35.6 Å². The average molecular weight is 541 g/mol. The summed E-state index contributed by atoms with van der Waals surface area (Å²) in [6, 6.07) is 13.2. The highest BCUT2D eigenvalue weighted by atomic mass is 32.2. The summed E-state index contributed by atoms with van der Waals surface area (Å²) < 4.78 is 32.2.